The Bertz CT molecular complexity index is 540. The molecule has 1 saturated carbocycles. The number of rotatable bonds is 1. The van der Waals surface area contributed by atoms with E-state index in [-0.39, 0.29) is 29.2 Å². The molecule has 1 aromatic rings. The van der Waals surface area contributed by atoms with Crippen LogP contribution < -0.4 is 0 Å². The summed E-state index contributed by atoms with van der Waals surface area (Å²) in [5.74, 6) is 0.532. The lowest BCUT2D eigenvalue weighted by Crippen LogP contribution is -2.54. The van der Waals surface area contributed by atoms with E-state index in [1.54, 1.807) is 12.1 Å². The normalized spacial score (nSPS) is 30.8. The summed E-state index contributed by atoms with van der Waals surface area (Å²) >= 11 is 0. The molecule has 1 aromatic carbocycles. The Morgan fingerprint density at radius 3 is 2.58 bits per heavy atom. The van der Waals surface area contributed by atoms with Crippen molar-refractivity contribution in [2.24, 2.45) is 5.92 Å². The first-order chi connectivity index (χ1) is 8.97. The first-order valence-corrected chi connectivity index (χ1v) is 6.70. The average molecular weight is 258 g/mol. The van der Waals surface area contributed by atoms with Gasteiger partial charge in [0.25, 0.3) is 0 Å². The van der Waals surface area contributed by atoms with Crippen LogP contribution in [0.3, 0.4) is 0 Å². The van der Waals surface area contributed by atoms with Gasteiger partial charge < -0.3 is 9.84 Å². The highest BCUT2D eigenvalue weighted by Crippen LogP contribution is 2.45. The zero-order valence-corrected chi connectivity index (χ0v) is 11.2. The summed E-state index contributed by atoms with van der Waals surface area (Å²) in [6.45, 7) is 4.11. The maximum absolute atomic E-state index is 12.3. The molecule has 0 radical (unpaired) electrons. The van der Waals surface area contributed by atoms with Crippen LogP contribution in [0.4, 0.5) is 0 Å². The number of benzene rings is 1. The Morgan fingerprint density at radius 1 is 1.26 bits per heavy atom. The molecule has 4 rings (SSSR count). The summed E-state index contributed by atoms with van der Waals surface area (Å²) in [5.41, 5.74) is 1.56. The summed E-state index contributed by atoms with van der Waals surface area (Å²) < 4.78 is 5.84. The van der Waals surface area contributed by atoms with Crippen LogP contribution in [0.15, 0.2) is 29.8 Å². The highest BCUT2D eigenvalue weighted by Gasteiger charge is 2.49. The Hall–Kier alpha value is -1.61. The molecule has 2 heterocycles. The molecule has 3 aliphatic rings. The standard InChI is InChI=1S/C16H18O3/c1-16(2)13-7-8-14(19-16)15(18)12(13)9-10-3-5-11(17)6-4-10/h3-6,9,13-14,17H,7-8H2,1-2H3/b12-9+. The third-order valence-corrected chi connectivity index (χ3v) is 4.17. The number of fused-ring (bicyclic) bond motifs is 3. The smallest absolute Gasteiger partial charge is 0.187 e. The third-order valence-electron chi connectivity index (χ3n) is 4.17. The minimum Gasteiger partial charge on any atom is -0.508 e. The maximum atomic E-state index is 12.3. The maximum Gasteiger partial charge on any atom is 0.187 e. The second kappa shape index (κ2) is 4.20. The molecule has 3 heteroatoms. The zero-order chi connectivity index (χ0) is 13.6. The van der Waals surface area contributed by atoms with E-state index in [1.165, 1.54) is 0 Å². The molecule has 2 unspecified atom stereocenters. The molecule has 0 amide bonds. The number of carbonyl (C=O) groups excluding carboxylic acids is 1. The lowest BCUT2D eigenvalue weighted by atomic mass is 9.69. The Morgan fingerprint density at radius 2 is 1.95 bits per heavy atom. The Labute approximate surface area is 112 Å². The number of carbonyl (C=O) groups is 1. The summed E-state index contributed by atoms with van der Waals surface area (Å²) in [7, 11) is 0. The topological polar surface area (TPSA) is 46.5 Å². The summed E-state index contributed by atoms with van der Waals surface area (Å²) in [5, 5.41) is 9.30. The fourth-order valence-electron chi connectivity index (χ4n) is 3.17. The number of aromatic hydroxyl groups is 1. The van der Waals surface area contributed by atoms with E-state index in [4.69, 9.17) is 4.74 Å². The van der Waals surface area contributed by atoms with Gasteiger partial charge in [0.2, 0.25) is 0 Å². The molecular formula is C16H18O3. The number of hydrogen-bond donors (Lipinski definition) is 1. The number of ether oxygens (including phenoxy) is 1. The van der Waals surface area contributed by atoms with Crippen molar-refractivity contribution in [1.82, 2.24) is 0 Å². The van der Waals surface area contributed by atoms with Gasteiger partial charge in [-0.3, -0.25) is 4.79 Å². The molecule has 2 bridgehead atoms. The van der Waals surface area contributed by atoms with Crippen LogP contribution in [-0.4, -0.2) is 22.6 Å². The zero-order valence-electron chi connectivity index (χ0n) is 11.2. The molecule has 19 heavy (non-hydrogen) atoms. The molecule has 2 atom stereocenters. The van der Waals surface area contributed by atoms with E-state index in [0.717, 1.165) is 24.0 Å². The minimum atomic E-state index is -0.275. The molecule has 3 nitrogen and oxygen atoms in total. The van der Waals surface area contributed by atoms with Gasteiger partial charge in [0.05, 0.1) is 5.60 Å². The average Bonchev–Trinajstić information content (AvgIpc) is 2.36. The van der Waals surface area contributed by atoms with E-state index in [1.807, 2.05) is 18.2 Å². The second-order valence-electron chi connectivity index (χ2n) is 5.90. The number of hydrogen-bond acceptors (Lipinski definition) is 3. The van der Waals surface area contributed by atoms with Crippen LogP contribution in [0, 0.1) is 5.92 Å². The highest BCUT2D eigenvalue weighted by molar-refractivity contribution is 6.04. The molecular weight excluding hydrogens is 240 g/mol. The first kappa shape index (κ1) is 12.4. The summed E-state index contributed by atoms with van der Waals surface area (Å²) in [6.07, 6.45) is 3.51. The van der Waals surface area contributed by atoms with Gasteiger partial charge in [-0.15, -0.1) is 0 Å². The first-order valence-electron chi connectivity index (χ1n) is 6.70. The van der Waals surface area contributed by atoms with E-state index >= 15 is 0 Å². The van der Waals surface area contributed by atoms with Gasteiger partial charge in [-0.2, -0.15) is 0 Å². The number of ketones is 1. The highest BCUT2D eigenvalue weighted by atomic mass is 16.5. The number of Topliss-reactive ketones (excluding diaryl/α,β-unsaturated/α-hetero) is 1. The predicted molar refractivity (Wildman–Crippen MR) is 72.8 cm³/mol. The predicted octanol–water partition coefficient (Wildman–Crippen LogP) is 2.93. The van der Waals surface area contributed by atoms with Crippen molar-refractivity contribution in [3.8, 4) is 5.75 Å². The SMILES string of the molecule is CC1(C)OC2CCC1/C(=C\c1ccc(O)cc1)C2=O. The van der Waals surface area contributed by atoms with Crippen molar-refractivity contribution < 1.29 is 14.6 Å². The Kier molecular flexibility index (Phi) is 2.75. The largest absolute Gasteiger partial charge is 0.508 e. The fourth-order valence-corrected chi connectivity index (χ4v) is 3.17. The molecule has 0 aromatic heterocycles. The molecule has 2 saturated heterocycles. The van der Waals surface area contributed by atoms with Crippen LogP contribution in [-0.2, 0) is 9.53 Å². The molecule has 1 N–H and O–H groups in total. The molecule has 0 spiro atoms. The quantitative estimate of drug-likeness (QED) is 0.788. The number of phenolic OH excluding ortho intramolecular Hbond substituents is 1. The fraction of sp³-hybridized carbons (Fsp3) is 0.438. The van der Waals surface area contributed by atoms with Gasteiger partial charge in [0.1, 0.15) is 11.9 Å². The lowest BCUT2D eigenvalue weighted by molar-refractivity contribution is -0.172. The van der Waals surface area contributed by atoms with Crippen molar-refractivity contribution in [1.29, 1.82) is 0 Å². The van der Waals surface area contributed by atoms with Crippen molar-refractivity contribution in [2.75, 3.05) is 0 Å². The van der Waals surface area contributed by atoms with Crippen LogP contribution in [0.25, 0.3) is 6.08 Å². The van der Waals surface area contributed by atoms with E-state index in [2.05, 4.69) is 13.8 Å². The van der Waals surface area contributed by atoms with Gasteiger partial charge in [0.15, 0.2) is 5.78 Å². The molecule has 2 aliphatic heterocycles. The Balaban J connectivity index is 1.99. The van der Waals surface area contributed by atoms with E-state index < -0.39 is 0 Å². The van der Waals surface area contributed by atoms with Crippen molar-refractivity contribution in [3.05, 3.63) is 35.4 Å². The van der Waals surface area contributed by atoms with Crippen LogP contribution in [0.1, 0.15) is 32.3 Å². The van der Waals surface area contributed by atoms with E-state index in [0.29, 0.717) is 0 Å². The van der Waals surface area contributed by atoms with Crippen molar-refractivity contribution >= 4 is 11.9 Å². The van der Waals surface area contributed by atoms with Gasteiger partial charge in [-0.1, -0.05) is 12.1 Å². The molecule has 1 aliphatic carbocycles. The van der Waals surface area contributed by atoms with Gasteiger partial charge in [0, 0.05) is 11.5 Å². The molecule has 100 valence electrons. The van der Waals surface area contributed by atoms with Crippen molar-refractivity contribution in [2.45, 2.75) is 38.4 Å². The van der Waals surface area contributed by atoms with E-state index in [9.17, 15) is 9.90 Å². The summed E-state index contributed by atoms with van der Waals surface area (Å²) in [6, 6.07) is 6.93. The lowest BCUT2D eigenvalue weighted by Gasteiger charge is -2.48. The monoisotopic (exact) mass is 258 g/mol. The number of phenols is 1. The van der Waals surface area contributed by atoms with Gasteiger partial charge in [-0.05, 0) is 50.5 Å². The van der Waals surface area contributed by atoms with Crippen LogP contribution in [0.5, 0.6) is 5.75 Å². The van der Waals surface area contributed by atoms with Crippen LogP contribution >= 0.6 is 0 Å². The second-order valence-corrected chi connectivity index (χ2v) is 5.90. The van der Waals surface area contributed by atoms with Crippen molar-refractivity contribution in [3.63, 3.8) is 0 Å². The van der Waals surface area contributed by atoms with Crippen LogP contribution in [0.2, 0.25) is 0 Å². The third kappa shape index (κ3) is 2.08. The van der Waals surface area contributed by atoms with Gasteiger partial charge in [-0.25, -0.2) is 0 Å². The minimum absolute atomic E-state index is 0.128. The molecule has 3 fully saturated rings. The summed E-state index contributed by atoms with van der Waals surface area (Å²) in [4.78, 5) is 12.3. The van der Waals surface area contributed by atoms with Gasteiger partial charge >= 0.3 is 0 Å².